The summed E-state index contributed by atoms with van der Waals surface area (Å²) >= 11 is 0. The van der Waals surface area contributed by atoms with E-state index in [1.165, 1.54) is 0 Å². The van der Waals surface area contributed by atoms with Crippen LogP contribution in [0.1, 0.15) is 27.5 Å². The van der Waals surface area contributed by atoms with Gasteiger partial charge in [0.2, 0.25) is 0 Å². The lowest BCUT2D eigenvalue weighted by Gasteiger charge is -2.33. The smallest absolute Gasteiger partial charge is 0.272 e. The first kappa shape index (κ1) is 32.7. The molecule has 9 rings (SSSR count). The van der Waals surface area contributed by atoms with Crippen molar-refractivity contribution in [1.82, 2.24) is 25.6 Å². The van der Waals surface area contributed by atoms with Crippen LogP contribution in [0.4, 0.5) is 5.69 Å². The molecule has 0 bridgehead atoms. The Bertz CT molecular complexity index is 2400. The number of carbonyl (C=O) groups excluding carboxylic acids is 1. The number of anilines is 1. The highest BCUT2D eigenvalue weighted by Crippen LogP contribution is 2.46. The summed E-state index contributed by atoms with van der Waals surface area (Å²) in [6.07, 6.45) is 9.15. The lowest BCUT2D eigenvalue weighted by Crippen LogP contribution is -2.46. The highest BCUT2D eigenvalue weighted by molar-refractivity contribution is 6.02. The molecule has 11 heteroatoms. The van der Waals surface area contributed by atoms with Gasteiger partial charge in [-0.3, -0.25) is 15.0 Å². The van der Waals surface area contributed by atoms with E-state index in [-0.39, 0.29) is 17.5 Å². The summed E-state index contributed by atoms with van der Waals surface area (Å²) in [5.74, 6) is 3.46. The lowest BCUT2D eigenvalue weighted by molar-refractivity contribution is 0.0910. The standard InChI is InChI=1S/C18H11N3O2.C15H13N3O2.C7H10O/c22-18-12-4-3-5-15-16(12)17(19-20-18)13-10-11(6-7-14(13)23-15)21-8-1-2-9-21;1-16-8-5-6-11-10(7-8)14-13-9(15(19)18-17-14)3-2-4-12(13)20-11;1-4-5-6-7(2)8-3/h1-10H,(H,20,22);2-7,14,16-17H,1H3,(H,18,19);4-6H,1-2H2,3H3/b;;6-5-. The molecule has 0 aliphatic carbocycles. The number of methoxy groups -OCH3 is 1. The lowest BCUT2D eigenvalue weighted by atomic mass is 9.89. The molecular formula is C40H34N6O5. The number of carbonyl (C=O) groups is 1. The first-order valence-electron chi connectivity index (χ1n) is 16.1. The number of hydrazine groups is 1. The second-order valence-corrected chi connectivity index (χ2v) is 11.6. The van der Waals surface area contributed by atoms with E-state index in [2.05, 4.69) is 39.5 Å². The van der Waals surface area contributed by atoms with Crippen molar-refractivity contribution in [1.29, 1.82) is 0 Å². The fraction of sp³-hybridized carbons (Fsp3) is 0.0750. The molecule has 0 spiro atoms. The predicted octanol–water partition coefficient (Wildman–Crippen LogP) is 7.55. The van der Waals surface area contributed by atoms with Crippen LogP contribution in [0.25, 0.3) is 27.7 Å². The summed E-state index contributed by atoms with van der Waals surface area (Å²) in [5, 5.41) is 11.3. The summed E-state index contributed by atoms with van der Waals surface area (Å²) in [6, 6.07) is 26.7. The average Bonchev–Trinajstić information content (AvgIpc) is 3.72. The van der Waals surface area contributed by atoms with Gasteiger partial charge in [-0.2, -0.15) is 5.10 Å². The van der Waals surface area contributed by atoms with Crippen molar-refractivity contribution in [2.24, 2.45) is 0 Å². The van der Waals surface area contributed by atoms with Crippen LogP contribution in [-0.4, -0.2) is 34.8 Å². The molecule has 0 fully saturated rings. The monoisotopic (exact) mass is 678 g/mol. The zero-order chi connectivity index (χ0) is 35.5. The maximum absolute atomic E-state index is 12.0. The number of aromatic amines is 1. The number of hydrogen-bond acceptors (Lipinski definition) is 8. The summed E-state index contributed by atoms with van der Waals surface area (Å²) in [6.45, 7) is 7.04. The Kier molecular flexibility index (Phi) is 8.94. The molecule has 6 aromatic rings. The van der Waals surface area contributed by atoms with Gasteiger partial charge in [-0.05, 0) is 78.9 Å². The molecule has 1 amide bonds. The van der Waals surface area contributed by atoms with E-state index in [0.29, 0.717) is 22.5 Å². The second-order valence-electron chi connectivity index (χ2n) is 11.6. The van der Waals surface area contributed by atoms with Crippen LogP contribution >= 0.6 is 0 Å². The molecule has 1 unspecified atom stereocenters. The van der Waals surface area contributed by atoms with Gasteiger partial charge in [0.25, 0.3) is 11.5 Å². The number of rotatable bonds is 5. The summed E-state index contributed by atoms with van der Waals surface area (Å²) in [5.41, 5.74) is 11.8. The van der Waals surface area contributed by atoms with Crippen molar-refractivity contribution in [2.75, 3.05) is 19.5 Å². The van der Waals surface area contributed by atoms with Crippen molar-refractivity contribution < 1.29 is 19.0 Å². The molecular weight excluding hydrogens is 644 g/mol. The topological polar surface area (TPSA) is 132 Å². The van der Waals surface area contributed by atoms with E-state index in [0.717, 1.165) is 56.4 Å². The minimum atomic E-state index is -0.209. The number of nitrogens with zero attached hydrogens (tertiary/aromatic N) is 2. The molecule has 2 aromatic heterocycles. The molecule has 4 N–H and O–H groups in total. The first-order chi connectivity index (χ1) is 24.9. The molecule has 5 heterocycles. The van der Waals surface area contributed by atoms with E-state index in [1.54, 1.807) is 31.4 Å². The molecule has 0 radical (unpaired) electrons. The number of benzene rings is 4. The fourth-order valence-corrected chi connectivity index (χ4v) is 6.07. The quantitative estimate of drug-likeness (QED) is 0.108. The Morgan fingerprint density at radius 1 is 0.922 bits per heavy atom. The van der Waals surface area contributed by atoms with Gasteiger partial charge in [0.05, 0.1) is 23.9 Å². The van der Waals surface area contributed by atoms with Crippen LogP contribution in [0.5, 0.6) is 23.0 Å². The highest BCUT2D eigenvalue weighted by atomic mass is 16.5. The first-order valence-corrected chi connectivity index (χ1v) is 16.1. The number of H-pyrrole nitrogens is 1. The van der Waals surface area contributed by atoms with Crippen molar-refractivity contribution in [3.63, 3.8) is 0 Å². The predicted molar refractivity (Wildman–Crippen MR) is 198 cm³/mol. The molecule has 3 aliphatic heterocycles. The highest BCUT2D eigenvalue weighted by Gasteiger charge is 2.35. The maximum atomic E-state index is 12.0. The third-order valence-corrected chi connectivity index (χ3v) is 8.56. The van der Waals surface area contributed by atoms with Crippen molar-refractivity contribution in [2.45, 2.75) is 6.04 Å². The van der Waals surface area contributed by atoms with Crippen LogP contribution < -0.4 is 31.2 Å². The van der Waals surface area contributed by atoms with Crippen LogP contribution in [0.2, 0.25) is 0 Å². The Morgan fingerprint density at radius 2 is 1.69 bits per heavy atom. The summed E-state index contributed by atoms with van der Waals surface area (Å²) < 4.78 is 18.6. The number of nitrogens with one attached hydrogen (secondary N) is 4. The number of allylic oxidation sites excluding steroid dienone is 3. The van der Waals surface area contributed by atoms with E-state index in [1.807, 2.05) is 103 Å². The molecule has 3 aliphatic rings. The Balaban J connectivity index is 0.000000133. The third-order valence-electron chi connectivity index (χ3n) is 8.56. The van der Waals surface area contributed by atoms with Gasteiger partial charge in [0.15, 0.2) is 0 Å². The van der Waals surface area contributed by atoms with Crippen molar-refractivity contribution in [3.8, 4) is 39.9 Å². The van der Waals surface area contributed by atoms with E-state index in [9.17, 15) is 9.59 Å². The summed E-state index contributed by atoms with van der Waals surface area (Å²) in [7, 11) is 3.45. The van der Waals surface area contributed by atoms with Crippen LogP contribution in [0.15, 0.2) is 139 Å². The van der Waals surface area contributed by atoms with E-state index < -0.39 is 0 Å². The second kappa shape index (κ2) is 13.9. The van der Waals surface area contributed by atoms with Crippen molar-refractivity contribution in [3.05, 3.63) is 162 Å². The summed E-state index contributed by atoms with van der Waals surface area (Å²) in [4.78, 5) is 23.9. The SMILES string of the molecule is C=C/C=C\C(=C)OC.CNc1ccc2c(c1)C1NNC(=O)c3cccc(c31)O2.O=c1[nH]nc2c3c(cccc13)Oc1ccc(-n3cccc3)cc1-2. The molecule has 11 nitrogen and oxygen atoms in total. The van der Waals surface area contributed by atoms with Crippen LogP contribution in [0.3, 0.4) is 0 Å². The minimum Gasteiger partial charge on any atom is -0.497 e. The van der Waals surface area contributed by atoms with Crippen molar-refractivity contribution >= 4 is 22.4 Å². The van der Waals surface area contributed by atoms with Gasteiger partial charge >= 0.3 is 0 Å². The zero-order valence-electron chi connectivity index (χ0n) is 27.9. The van der Waals surface area contributed by atoms with Gasteiger partial charge in [-0.15, -0.1) is 0 Å². The number of hydrogen-bond donors (Lipinski definition) is 4. The molecule has 0 saturated carbocycles. The van der Waals surface area contributed by atoms with Gasteiger partial charge in [-0.1, -0.05) is 37.4 Å². The fourth-order valence-electron chi connectivity index (χ4n) is 6.07. The normalized spacial score (nSPS) is 14.1. The van der Waals surface area contributed by atoms with Crippen LogP contribution in [-0.2, 0) is 4.74 Å². The van der Waals surface area contributed by atoms with E-state index in [4.69, 9.17) is 14.2 Å². The maximum Gasteiger partial charge on any atom is 0.272 e. The van der Waals surface area contributed by atoms with Crippen LogP contribution in [0, 0.1) is 0 Å². The minimum absolute atomic E-state index is 0.0871. The molecule has 254 valence electrons. The molecule has 4 aromatic carbocycles. The third kappa shape index (κ3) is 6.25. The van der Waals surface area contributed by atoms with Gasteiger partial charge < -0.3 is 24.1 Å². The number of amides is 1. The Labute approximate surface area is 293 Å². The number of fused-ring (bicyclic) bond motifs is 4. The van der Waals surface area contributed by atoms with Gasteiger partial charge in [-0.25, -0.2) is 10.5 Å². The number of ether oxygens (including phenoxy) is 3. The molecule has 1 atom stereocenters. The van der Waals surface area contributed by atoms with Gasteiger partial charge in [0.1, 0.15) is 34.5 Å². The molecule has 0 saturated heterocycles. The zero-order valence-corrected chi connectivity index (χ0v) is 27.9. The Hall–Kier alpha value is -6.85. The van der Waals surface area contributed by atoms with Gasteiger partial charge in [0, 0.05) is 53.1 Å². The molecule has 51 heavy (non-hydrogen) atoms. The van der Waals surface area contributed by atoms with E-state index >= 15 is 0 Å². The average molecular weight is 679 g/mol. The Morgan fingerprint density at radius 3 is 2.47 bits per heavy atom. The number of aromatic nitrogens is 3. The largest absolute Gasteiger partial charge is 0.497 e.